The van der Waals surface area contributed by atoms with Gasteiger partial charge in [-0.05, 0) is 60.1 Å². The van der Waals surface area contributed by atoms with Gasteiger partial charge in [-0.25, -0.2) is 0 Å². The zero-order valence-electron chi connectivity index (χ0n) is 17.6. The Morgan fingerprint density at radius 3 is 2.59 bits per heavy atom. The molecule has 1 aromatic carbocycles. The molecule has 0 spiro atoms. The van der Waals surface area contributed by atoms with E-state index in [1.807, 2.05) is 38.2 Å². The summed E-state index contributed by atoms with van der Waals surface area (Å²) in [7, 11) is 8.07. The van der Waals surface area contributed by atoms with Crippen molar-refractivity contribution in [1.82, 2.24) is 20.0 Å². The maximum absolute atomic E-state index is 12.5. The monoisotopic (exact) mass is 376 g/mol. The molecule has 0 unspecified atom stereocenters. The molecule has 1 heterocycles. The van der Waals surface area contributed by atoms with E-state index in [4.69, 9.17) is 4.74 Å². The van der Waals surface area contributed by atoms with Crippen LogP contribution in [0.15, 0.2) is 24.3 Å². The molecule has 6 heteroatoms. The zero-order chi connectivity index (χ0) is 19.8. The predicted molar refractivity (Wildman–Crippen MR) is 110 cm³/mol. The van der Waals surface area contributed by atoms with Crippen molar-refractivity contribution in [3.8, 4) is 5.75 Å². The summed E-state index contributed by atoms with van der Waals surface area (Å²) in [6.45, 7) is 6.66. The third-order valence-electron chi connectivity index (χ3n) is 5.80. The van der Waals surface area contributed by atoms with Crippen molar-refractivity contribution in [3.05, 3.63) is 29.8 Å². The minimum atomic E-state index is -0.161. The van der Waals surface area contributed by atoms with E-state index in [-0.39, 0.29) is 11.9 Å². The average molecular weight is 377 g/mol. The summed E-state index contributed by atoms with van der Waals surface area (Å²) in [5.41, 5.74) is 0.991. The number of nitrogens with zero attached hydrogens (tertiary/aromatic N) is 3. The fourth-order valence-corrected chi connectivity index (χ4v) is 3.51. The molecule has 1 aliphatic heterocycles. The van der Waals surface area contributed by atoms with Crippen molar-refractivity contribution >= 4 is 5.91 Å². The number of methoxy groups -OCH3 is 1. The average Bonchev–Trinajstić information content (AvgIpc) is 2.70. The number of piperidine rings is 1. The van der Waals surface area contributed by atoms with Crippen molar-refractivity contribution in [1.29, 1.82) is 0 Å². The van der Waals surface area contributed by atoms with E-state index in [1.165, 1.54) is 25.9 Å². The van der Waals surface area contributed by atoms with Crippen LogP contribution in [0.2, 0.25) is 0 Å². The Bertz CT molecular complexity index is 587. The number of rotatable bonds is 9. The van der Waals surface area contributed by atoms with Crippen LogP contribution in [0.5, 0.6) is 5.75 Å². The van der Waals surface area contributed by atoms with Crippen molar-refractivity contribution in [3.63, 3.8) is 0 Å². The van der Waals surface area contributed by atoms with Gasteiger partial charge < -0.3 is 19.9 Å². The number of hydrogen-bond acceptors (Lipinski definition) is 5. The molecule has 0 aromatic heterocycles. The molecule has 27 heavy (non-hydrogen) atoms. The molecular formula is C21H36N4O2. The van der Waals surface area contributed by atoms with E-state index >= 15 is 0 Å². The van der Waals surface area contributed by atoms with Gasteiger partial charge in [-0.3, -0.25) is 9.69 Å². The Kier molecular flexibility index (Phi) is 8.54. The summed E-state index contributed by atoms with van der Waals surface area (Å²) in [4.78, 5) is 19.5. The third-order valence-corrected chi connectivity index (χ3v) is 5.80. The quantitative estimate of drug-likeness (QED) is 0.710. The van der Waals surface area contributed by atoms with Crippen LogP contribution in [0.4, 0.5) is 0 Å². The van der Waals surface area contributed by atoms with Crippen LogP contribution in [-0.4, -0.2) is 87.1 Å². The lowest BCUT2D eigenvalue weighted by Crippen LogP contribution is -2.48. The molecule has 2 rings (SSSR count). The fraction of sp³-hybridized carbons (Fsp3) is 0.667. The second kappa shape index (κ2) is 10.6. The van der Waals surface area contributed by atoms with E-state index in [9.17, 15) is 4.79 Å². The molecule has 1 aromatic rings. The van der Waals surface area contributed by atoms with E-state index < -0.39 is 0 Å². The second-order valence-electron chi connectivity index (χ2n) is 7.70. The van der Waals surface area contributed by atoms with Gasteiger partial charge in [0.25, 0.3) is 0 Å². The molecule has 0 saturated carbocycles. The van der Waals surface area contributed by atoms with Crippen LogP contribution in [0.3, 0.4) is 0 Å². The van der Waals surface area contributed by atoms with Crippen molar-refractivity contribution in [2.75, 3.05) is 54.4 Å². The summed E-state index contributed by atoms with van der Waals surface area (Å²) in [6.07, 6.45) is 2.46. The number of benzene rings is 1. The van der Waals surface area contributed by atoms with E-state index in [1.54, 1.807) is 7.11 Å². The Morgan fingerprint density at radius 1 is 1.26 bits per heavy atom. The van der Waals surface area contributed by atoms with Crippen LogP contribution in [0, 0.1) is 0 Å². The maximum Gasteiger partial charge on any atom is 0.237 e. The van der Waals surface area contributed by atoms with Crippen molar-refractivity contribution in [2.24, 2.45) is 0 Å². The first-order chi connectivity index (χ1) is 12.9. The van der Waals surface area contributed by atoms with E-state index in [2.05, 4.69) is 34.1 Å². The second-order valence-corrected chi connectivity index (χ2v) is 7.70. The van der Waals surface area contributed by atoms with Crippen LogP contribution in [0.25, 0.3) is 0 Å². The first-order valence-electron chi connectivity index (χ1n) is 9.91. The largest absolute Gasteiger partial charge is 0.496 e. The van der Waals surface area contributed by atoms with Crippen LogP contribution in [0.1, 0.15) is 25.3 Å². The van der Waals surface area contributed by atoms with Gasteiger partial charge in [-0.15, -0.1) is 0 Å². The predicted octanol–water partition coefficient (Wildman–Crippen LogP) is 1.66. The van der Waals surface area contributed by atoms with E-state index in [0.29, 0.717) is 12.6 Å². The highest BCUT2D eigenvalue weighted by atomic mass is 16.5. The number of nitrogens with one attached hydrogen (secondary N) is 1. The van der Waals surface area contributed by atoms with Crippen molar-refractivity contribution in [2.45, 2.75) is 38.4 Å². The van der Waals surface area contributed by atoms with Gasteiger partial charge in [0, 0.05) is 31.2 Å². The molecule has 1 amide bonds. The minimum Gasteiger partial charge on any atom is -0.496 e. The van der Waals surface area contributed by atoms with Crippen LogP contribution >= 0.6 is 0 Å². The van der Waals surface area contributed by atoms with Crippen LogP contribution < -0.4 is 10.1 Å². The lowest BCUT2D eigenvalue weighted by Gasteiger charge is -2.36. The van der Waals surface area contributed by atoms with Gasteiger partial charge >= 0.3 is 0 Å². The third kappa shape index (κ3) is 6.48. The summed E-state index contributed by atoms with van der Waals surface area (Å²) in [5, 5.41) is 3.03. The standard InChI is InChI=1S/C21H36N4O2/c1-17(21(26)22-16-18-8-6-7-9-20(18)27-5)24(3)14-15-25(4)19-10-12-23(2)13-11-19/h6-9,17,19H,10-16H2,1-5H3,(H,22,26)/t17-/m0/s1. The molecule has 1 fully saturated rings. The molecule has 1 aliphatic rings. The molecule has 1 saturated heterocycles. The lowest BCUT2D eigenvalue weighted by atomic mass is 10.0. The number of ether oxygens (including phenoxy) is 1. The molecule has 6 nitrogen and oxygen atoms in total. The van der Waals surface area contributed by atoms with Crippen molar-refractivity contribution < 1.29 is 9.53 Å². The Balaban J connectivity index is 1.75. The van der Waals surface area contributed by atoms with Gasteiger partial charge in [0.15, 0.2) is 0 Å². The summed E-state index contributed by atoms with van der Waals surface area (Å²) >= 11 is 0. The Morgan fingerprint density at radius 2 is 1.93 bits per heavy atom. The molecule has 0 aliphatic carbocycles. The number of carbonyl (C=O) groups excluding carboxylic acids is 1. The van der Waals surface area contributed by atoms with Crippen LogP contribution in [-0.2, 0) is 11.3 Å². The Labute approximate surface area is 164 Å². The molecular weight excluding hydrogens is 340 g/mol. The summed E-state index contributed by atoms with van der Waals surface area (Å²) in [6, 6.07) is 8.27. The fourth-order valence-electron chi connectivity index (χ4n) is 3.51. The van der Waals surface area contributed by atoms with Gasteiger partial charge in [0.2, 0.25) is 5.91 Å². The van der Waals surface area contributed by atoms with Gasteiger partial charge in [-0.2, -0.15) is 0 Å². The van der Waals surface area contributed by atoms with E-state index in [0.717, 1.165) is 24.4 Å². The summed E-state index contributed by atoms with van der Waals surface area (Å²) in [5.74, 6) is 0.851. The van der Waals surface area contributed by atoms with Gasteiger partial charge in [0.1, 0.15) is 5.75 Å². The zero-order valence-corrected chi connectivity index (χ0v) is 17.6. The number of para-hydroxylation sites is 1. The topological polar surface area (TPSA) is 48.1 Å². The number of hydrogen-bond donors (Lipinski definition) is 1. The first kappa shape index (κ1) is 21.7. The van der Waals surface area contributed by atoms with Gasteiger partial charge in [-0.1, -0.05) is 18.2 Å². The highest BCUT2D eigenvalue weighted by molar-refractivity contribution is 5.81. The number of amides is 1. The molecule has 1 atom stereocenters. The smallest absolute Gasteiger partial charge is 0.237 e. The Hall–Kier alpha value is -1.63. The first-order valence-corrected chi connectivity index (χ1v) is 9.91. The molecule has 0 bridgehead atoms. The molecule has 152 valence electrons. The molecule has 1 N–H and O–H groups in total. The SMILES string of the molecule is COc1ccccc1CNC(=O)[C@H](C)N(C)CCN(C)C1CCN(C)CC1. The number of likely N-dealkylation sites (tertiary alicyclic amines) is 1. The lowest BCUT2D eigenvalue weighted by molar-refractivity contribution is -0.125. The highest BCUT2D eigenvalue weighted by Crippen LogP contribution is 2.17. The maximum atomic E-state index is 12.5. The minimum absolute atomic E-state index is 0.0466. The van der Waals surface area contributed by atoms with Gasteiger partial charge in [0.05, 0.1) is 13.2 Å². The highest BCUT2D eigenvalue weighted by Gasteiger charge is 2.22. The summed E-state index contributed by atoms with van der Waals surface area (Å²) < 4.78 is 5.34. The number of carbonyl (C=O) groups is 1. The number of likely N-dealkylation sites (N-methyl/N-ethyl adjacent to an activating group) is 2. The normalized spacial score (nSPS) is 17.3. The molecule has 0 radical (unpaired) electrons.